The Morgan fingerprint density at radius 3 is 2.65 bits per heavy atom. The molecule has 1 amide bonds. The molecule has 4 nitrogen and oxygen atoms in total. The highest BCUT2D eigenvalue weighted by Crippen LogP contribution is 2.30. The molecule has 108 valence electrons. The summed E-state index contributed by atoms with van der Waals surface area (Å²) in [5.41, 5.74) is -0.230. The number of carboxylic acids is 1. The maximum absolute atomic E-state index is 13.9. The van der Waals surface area contributed by atoms with Crippen LogP contribution in [0.1, 0.15) is 34.6 Å². The van der Waals surface area contributed by atoms with Crippen molar-refractivity contribution in [3.63, 3.8) is 0 Å². The van der Waals surface area contributed by atoms with Crippen LogP contribution in [0.4, 0.5) is 4.39 Å². The van der Waals surface area contributed by atoms with E-state index >= 15 is 0 Å². The summed E-state index contributed by atoms with van der Waals surface area (Å²) < 4.78 is 13.8. The topological polar surface area (TPSA) is 57.6 Å². The van der Waals surface area contributed by atoms with E-state index in [0.29, 0.717) is 13.1 Å². The van der Waals surface area contributed by atoms with Gasteiger partial charge in [0.05, 0.1) is 11.1 Å². The lowest BCUT2D eigenvalue weighted by Crippen LogP contribution is -2.46. The number of thioether (sulfide) groups is 1. The molecule has 1 aliphatic heterocycles. The third-order valence-electron chi connectivity index (χ3n) is 3.16. The maximum Gasteiger partial charge on any atom is 0.335 e. The second kappa shape index (κ2) is 5.44. The largest absolute Gasteiger partial charge is 0.478 e. The molecule has 1 aromatic rings. The van der Waals surface area contributed by atoms with Crippen LogP contribution >= 0.6 is 11.8 Å². The molecule has 0 aliphatic carbocycles. The SMILES string of the molecule is CC1(C)CN(C(=O)c2ccc(C(=O)O)cc2F)CCS1. The Morgan fingerprint density at radius 2 is 2.10 bits per heavy atom. The van der Waals surface area contributed by atoms with Crippen molar-refractivity contribution < 1.29 is 19.1 Å². The fourth-order valence-electron chi connectivity index (χ4n) is 2.18. The molecule has 2 rings (SSSR count). The molecule has 0 aromatic heterocycles. The van der Waals surface area contributed by atoms with E-state index in [2.05, 4.69) is 0 Å². The van der Waals surface area contributed by atoms with Crippen molar-refractivity contribution in [2.75, 3.05) is 18.8 Å². The van der Waals surface area contributed by atoms with E-state index in [9.17, 15) is 14.0 Å². The number of halogens is 1. The number of hydrogen-bond donors (Lipinski definition) is 1. The molecule has 0 spiro atoms. The Kier molecular flexibility index (Phi) is 4.04. The van der Waals surface area contributed by atoms with Crippen LogP contribution in [0.15, 0.2) is 18.2 Å². The van der Waals surface area contributed by atoms with Gasteiger partial charge in [0, 0.05) is 23.6 Å². The number of amides is 1. The molecular formula is C14H16FNO3S. The summed E-state index contributed by atoms with van der Waals surface area (Å²) in [5, 5.41) is 8.79. The number of hydrogen-bond acceptors (Lipinski definition) is 3. The lowest BCUT2D eigenvalue weighted by Gasteiger charge is -2.37. The van der Waals surface area contributed by atoms with Crippen LogP contribution in [0.25, 0.3) is 0 Å². The molecule has 0 atom stereocenters. The van der Waals surface area contributed by atoms with Crippen LogP contribution in [-0.4, -0.2) is 45.5 Å². The summed E-state index contributed by atoms with van der Waals surface area (Å²) in [7, 11) is 0. The minimum atomic E-state index is -1.21. The number of carbonyl (C=O) groups is 2. The summed E-state index contributed by atoms with van der Waals surface area (Å²) in [6, 6.07) is 3.39. The lowest BCUT2D eigenvalue weighted by molar-refractivity contribution is 0.0692. The molecule has 1 fully saturated rings. The summed E-state index contributed by atoms with van der Waals surface area (Å²) >= 11 is 1.78. The zero-order valence-corrected chi connectivity index (χ0v) is 12.2. The van der Waals surface area contributed by atoms with Crippen molar-refractivity contribution in [2.45, 2.75) is 18.6 Å². The Labute approximate surface area is 121 Å². The van der Waals surface area contributed by atoms with Crippen LogP contribution in [-0.2, 0) is 0 Å². The van der Waals surface area contributed by atoms with E-state index in [1.807, 2.05) is 13.8 Å². The molecule has 1 N–H and O–H groups in total. The molecule has 0 bridgehead atoms. The van der Waals surface area contributed by atoms with Gasteiger partial charge in [-0.25, -0.2) is 9.18 Å². The normalized spacial score (nSPS) is 17.9. The zero-order chi connectivity index (χ0) is 14.9. The standard InChI is InChI=1S/C14H16FNO3S/c1-14(2)8-16(5-6-20-14)12(17)10-4-3-9(13(18)19)7-11(10)15/h3-4,7H,5-6,8H2,1-2H3,(H,18,19). The molecule has 1 aromatic carbocycles. The molecule has 1 aliphatic rings. The molecule has 0 unspecified atom stereocenters. The van der Waals surface area contributed by atoms with Gasteiger partial charge in [-0.3, -0.25) is 4.79 Å². The van der Waals surface area contributed by atoms with E-state index in [0.717, 1.165) is 11.8 Å². The quantitative estimate of drug-likeness (QED) is 0.911. The fraction of sp³-hybridized carbons (Fsp3) is 0.429. The van der Waals surface area contributed by atoms with E-state index in [1.54, 1.807) is 16.7 Å². The van der Waals surface area contributed by atoms with Crippen LogP contribution in [0.5, 0.6) is 0 Å². The van der Waals surface area contributed by atoms with Gasteiger partial charge in [-0.2, -0.15) is 11.8 Å². The smallest absolute Gasteiger partial charge is 0.335 e. The first-order valence-corrected chi connectivity index (χ1v) is 7.25. The maximum atomic E-state index is 13.9. The van der Waals surface area contributed by atoms with Gasteiger partial charge in [-0.15, -0.1) is 0 Å². The van der Waals surface area contributed by atoms with Crippen molar-refractivity contribution >= 4 is 23.6 Å². The van der Waals surface area contributed by atoms with Gasteiger partial charge in [0.1, 0.15) is 5.82 Å². The van der Waals surface area contributed by atoms with E-state index < -0.39 is 11.8 Å². The van der Waals surface area contributed by atoms with Gasteiger partial charge in [-0.1, -0.05) is 0 Å². The van der Waals surface area contributed by atoms with Crippen molar-refractivity contribution in [1.82, 2.24) is 4.90 Å². The highest BCUT2D eigenvalue weighted by atomic mass is 32.2. The highest BCUT2D eigenvalue weighted by Gasteiger charge is 2.31. The van der Waals surface area contributed by atoms with Gasteiger partial charge >= 0.3 is 5.97 Å². The van der Waals surface area contributed by atoms with Gasteiger partial charge < -0.3 is 10.0 Å². The molecule has 0 radical (unpaired) electrons. The van der Waals surface area contributed by atoms with Gasteiger partial charge in [0.25, 0.3) is 5.91 Å². The van der Waals surface area contributed by atoms with E-state index in [1.165, 1.54) is 12.1 Å². The second-order valence-electron chi connectivity index (χ2n) is 5.33. The summed E-state index contributed by atoms with van der Waals surface area (Å²) in [4.78, 5) is 24.7. The monoisotopic (exact) mass is 297 g/mol. The zero-order valence-electron chi connectivity index (χ0n) is 11.4. The Balaban J connectivity index is 2.23. The lowest BCUT2D eigenvalue weighted by atomic mass is 10.1. The van der Waals surface area contributed by atoms with Crippen molar-refractivity contribution in [2.24, 2.45) is 0 Å². The average Bonchev–Trinajstić information content (AvgIpc) is 2.36. The third kappa shape index (κ3) is 3.12. The first-order valence-electron chi connectivity index (χ1n) is 6.26. The highest BCUT2D eigenvalue weighted by molar-refractivity contribution is 8.00. The number of carbonyl (C=O) groups excluding carboxylic acids is 1. The molecule has 1 saturated heterocycles. The second-order valence-corrected chi connectivity index (χ2v) is 7.14. The molecule has 20 heavy (non-hydrogen) atoms. The predicted octanol–water partition coefficient (Wildman–Crippen LogP) is 2.49. The molecule has 0 saturated carbocycles. The first-order chi connectivity index (χ1) is 9.30. The predicted molar refractivity (Wildman–Crippen MR) is 75.8 cm³/mol. The molecule has 6 heteroatoms. The first kappa shape index (κ1) is 14.8. The Hall–Kier alpha value is -1.56. The number of rotatable bonds is 2. The van der Waals surface area contributed by atoms with E-state index in [-0.39, 0.29) is 21.8 Å². The van der Waals surface area contributed by atoms with Crippen molar-refractivity contribution in [3.05, 3.63) is 35.1 Å². The molecule has 1 heterocycles. The average molecular weight is 297 g/mol. The number of aromatic carboxylic acids is 1. The van der Waals surface area contributed by atoms with Crippen LogP contribution in [0, 0.1) is 5.82 Å². The van der Waals surface area contributed by atoms with E-state index in [4.69, 9.17) is 5.11 Å². The van der Waals surface area contributed by atoms with Crippen LogP contribution < -0.4 is 0 Å². The van der Waals surface area contributed by atoms with Gasteiger partial charge in [-0.05, 0) is 32.0 Å². The third-order valence-corrected chi connectivity index (χ3v) is 4.46. The summed E-state index contributed by atoms with van der Waals surface area (Å²) in [6.45, 7) is 5.21. The van der Waals surface area contributed by atoms with Crippen LogP contribution in [0.3, 0.4) is 0 Å². The fourth-order valence-corrected chi connectivity index (χ4v) is 3.29. The minimum Gasteiger partial charge on any atom is -0.478 e. The number of carboxylic acid groups (broad SMARTS) is 1. The number of benzene rings is 1. The Morgan fingerprint density at radius 1 is 1.40 bits per heavy atom. The van der Waals surface area contributed by atoms with Crippen molar-refractivity contribution in [1.29, 1.82) is 0 Å². The Bertz CT molecular complexity index is 559. The summed E-state index contributed by atoms with van der Waals surface area (Å²) in [5.74, 6) is -1.56. The van der Waals surface area contributed by atoms with Gasteiger partial charge in [0.15, 0.2) is 0 Å². The molecular weight excluding hydrogens is 281 g/mol. The van der Waals surface area contributed by atoms with Crippen LogP contribution in [0.2, 0.25) is 0 Å². The number of nitrogens with zero attached hydrogens (tertiary/aromatic N) is 1. The van der Waals surface area contributed by atoms with Crippen molar-refractivity contribution in [3.8, 4) is 0 Å². The minimum absolute atomic E-state index is 0.0502. The van der Waals surface area contributed by atoms with Gasteiger partial charge in [0.2, 0.25) is 0 Å². The summed E-state index contributed by atoms with van der Waals surface area (Å²) in [6.07, 6.45) is 0.